The van der Waals surface area contributed by atoms with E-state index in [0.717, 1.165) is 12.0 Å². The fourth-order valence-corrected chi connectivity index (χ4v) is 3.93. The first-order chi connectivity index (χ1) is 14.5. The molecule has 0 aliphatic heterocycles. The van der Waals surface area contributed by atoms with Crippen molar-refractivity contribution in [2.45, 2.75) is 23.1 Å². The van der Waals surface area contributed by atoms with Crippen molar-refractivity contribution in [3.63, 3.8) is 0 Å². The molecule has 6 nitrogen and oxygen atoms in total. The number of pyridine rings is 1. The monoisotopic (exact) mass is 422 g/mol. The summed E-state index contributed by atoms with van der Waals surface area (Å²) in [6.07, 6.45) is 7.17. The molecule has 0 aliphatic carbocycles. The summed E-state index contributed by atoms with van der Waals surface area (Å²) < 4.78 is 31.3. The number of aromatic nitrogens is 1. The zero-order valence-electron chi connectivity index (χ0n) is 16.5. The van der Waals surface area contributed by atoms with E-state index in [1.165, 1.54) is 30.3 Å². The van der Waals surface area contributed by atoms with E-state index in [0.29, 0.717) is 18.0 Å². The van der Waals surface area contributed by atoms with E-state index in [4.69, 9.17) is 4.74 Å². The smallest absolute Gasteiger partial charge is 0.248 e. The summed E-state index contributed by atoms with van der Waals surface area (Å²) in [7, 11) is -3.69. The maximum absolute atomic E-state index is 12.9. The summed E-state index contributed by atoms with van der Waals surface area (Å²) in [4.78, 5) is 16.3. The maximum atomic E-state index is 12.9. The van der Waals surface area contributed by atoms with Crippen LogP contribution in [-0.2, 0) is 14.6 Å². The lowest BCUT2D eigenvalue weighted by Crippen LogP contribution is -2.08. The third-order valence-electron chi connectivity index (χ3n) is 4.13. The normalized spacial score (nSPS) is 11.4. The number of nitrogens with zero attached hydrogens (tertiary/aromatic N) is 1. The summed E-state index contributed by atoms with van der Waals surface area (Å²) in [5.41, 5.74) is 1.30. The summed E-state index contributed by atoms with van der Waals surface area (Å²) >= 11 is 0. The molecule has 1 heterocycles. The molecule has 0 atom stereocenters. The molecular formula is C23H22N2O4S. The summed E-state index contributed by atoms with van der Waals surface area (Å²) in [5, 5.41) is 2.70. The molecular weight excluding hydrogens is 400 g/mol. The number of carbonyl (C=O) groups is 1. The Bertz CT molecular complexity index is 1130. The van der Waals surface area contributed by atoms with Gasteiger partial charge in [0.25, 0.3) is 0 Å². The first-order valence-electron chi connectivity index (χ1n) is 9.46. The average molecular weight is 423 g/mol. The third kappa shape index (κ3) is 5.55. The predicted octanol–water partition coefficient (Wildman–Crippen LogP) is 4.36. The maximum Gasteiger partial charge on any atom is 0.248 e. The van der Waals surface area contributed by atoms with Gasteiger partial charge in [0.05, 0.1) is 16.4 Å². The van der Waals surface area contributed by atoms with Gasteiger partial charge in [0, 0.05) is 24.2 Å². The van der Waals surface area contributed by atoms with Gasteiger partial charge in [-0.2, -0.15) is 0 Å². The quantitative estimate of drug-likeness (QED) is 0.545. The molecule has 3 rings (SSSR count). The van der Waals surface area contributed by atoms with E-state index >= 15 is 0 Å². The van der Waals surface area contributed by atoms with Gasteiger partial charge in [-0.3, -0.25) is 9.78 Å². The zero-order chi connectivity index (χ0) is 21.4. The molecule has 3 aromatic rings. The molecule has 2 aromatic carbocycles. The highest BCUT2D eigenvalue weighted by Gasteiger charge is 2.18. The van der Waals surface area contributed by atoms with Crippen LogP contribution < -0.4 is 10.1 Å². The van der Waals surface area contributed by atoms with Crippen LogP contribution in [0.2, 0.25) is 0 Å². The second-order valence-electron chi connectivity index (χ2n) is 6.46. The standard InChI is InChI=1S/C23H22N2O4S/c1-2-15-29-20-6-3-7-22(16-20)30(27,28)21-11-9-19(10-12-21)25-23(26)13-8-18-5-4-14-24-17-18/h3-14,16-17H,2,15H2,1H3,(H,25,26). The second kappa shape index (κ2) is 9.84. The first kappa shape index (κ1) is 21.3. The van der Waals surface area contributed by atoms with E-state index in [2.05, 4.69) is 10.3 Å². The van der Waals surface area contributed by atoms with Gasteiger partial charge in [-0.25, -0.2) is 8.42 Å². The Morgan fingerprint density at radius 1 is 1.07 bits per heavy atom. The van der Waals surface area contributed by atoms with Crippen LogP contribution in [0.25, 0.3) is 6.08 Å². The van der Waals surface area contributed by atoms with Crippen molar-refractivity contribution < 1.29 is 17.9 Å². The van der Waals surface area contributed by atoms with E-state index in [9.17, 15) is 13.2 Å². The average Bonchev–Trinajstić information content (AvgIpc) is 2.77. The molecule has 0 bridgehead atoms. The van der Waals surface area contributed by atoms with Gasteiger partial charge < -0.3 is 10.1 Å². The van der Waals surface area contributed by atoms with E-state index in [1.54, 1.807) is 48.8 Å². The summed E-state index contributed by atoms with van der Waals surface area (Å²) in [6.45, 7) is 2.50. The van der Waals surface area contributed by atoms with Gasteiger partial charge in [-0.15, -0.1) is 0 Å². The predicted molar refractivity (Wildman–Crippen MR) is 116 cm³/mol. The number of ether oxygens (including phenoxy) is 1. The number of carbonyl (C=O) groups excluding carboxylic acids is 1. The molecule has 1 amide bonds. The van der Waals surface area contributed by atoms with Gasteiger partial charge in [-0.05, 0) is 66.6 Å². The summed E-state index contributed by atoms with van der Waals surface area (Å²) in [6, 6.07) is 16.1. The van der Waals surface area contributed by atoms with Crippen LogP contribution in [-0.4, -0.2) is 25.9 Å². The number of hydrogen-bond donors (Lipinski definition) is 1. The van der Waals surface area contributed by atoms with Gasteiger partial charge in [0.15, 0.2) is 0 Å². The van der Waals surface area contributed by atoms with Gasteiger partial charge >= 0.3 is 0 Å². The first-order valence-corrected chi connectivity index (χ1v) is 10.9. The number of hydrogen-bond acceptors (Lipinski definition) is 5. The number of sulfone groups is 1. The highest BCUT2D eigenvalue weighted by molar-refractivity contribution is 7.91. The van der Waals surface area contributed by atoms with Crippen LogP contribution in [0.4, 0.5) is 5.69 Å². The molecule has 0 fully saturated rings. The van der Waals surface area contributed by atoms with Crippen LogP contribution in [0, 0.1) is 0 Å². The van der Waals surface area contributed by atoms with E-state index < -0.39 is 9.84 Å². The molecule has 30 heavy (non-hydrogen) atoms. The molecule has 0 saturated heterocycles. The Kier molecular flexibility index (Phi) is 6.98. The molecule has 154 valence electrons. The minimum absolute atomic E-state index is 0.138. The number of nitrogens with one attached hydrogen (secondary N) is 1. The Balaban J connectivity index is 1.70. The minimum Gasteiger partial charge on any atom is -0.494 e. The molecule has 7 heteroatoms. The Morgan fingerprint density at radius 3 is 2.57 bits per heavy atom. The minimum atomic E-state index is -3.69. The molecule has 1 N–H and O–H groups in total. The van der Waals surface area contributed by atoms with Crippen molar-refractivity contribution in [1.29, 1.82) is 0 Å². The lowest BCUT2D eigenvalue weighted by atomic mass is 10.2. The van der Waals surface area contributed by atoms with E-state index in [-0.39, 0.29) is 15.7 Å². The Morgan fingerprint density at radius 2 is 1.87 bits per heavy atom. The Hall–Kier alpha value is -3.45. The molecule has 0 radical (unpaired) electrons. The SMILES string of the molecule is CCCOc1cccc(S(=O)(=O)c2ccc(NC(=O)C=Cc3cccnc3)cc2)c1. The van der Waals surface area contributed by atoms with Crippen LogP contribution in [0.15, 0.2) is 88.9 Å². The fourth-order valence-electron chi connectivity index (χ4n) is 2.63. The van der Waals surface area contributed by atoms with Crippen molar-refractivity contribution >= 4 is 27.5 Å². The van der Waals surface area contributed by atoms with Crippen molar-refractivity contribution in [1.82, 2.24) is 4.98 Å². The van der Waals surface area contributed by atoms with Gasteiger partial charge in [0.2, 0.25) is 15.7 Å². The number of rotatable bonds is 8. The largest absolute Gasteiger partial charge is 0.494 e. The molecule has 0 aliphatic rings. The highest BCUT2D eigenvalue weighted by atomic mass is 32.2. The van der Waals surface area contributed by atoms with Crippen molar-refractivity contribution in [2.24, 2.45) is 0 Å². The van der Waals surface area contributed by atoms with Crippen LogP contribution >= 0.6 is 0 Å². The topological polar surface area (TPSA) is 85.4 Å². The molecule has 0 spiro atoms. The Labute approximate surface area is 176 Å². The lowest BCUT2D eigenvalue weighted by Gasteiger charge is -2.09. The van der Waals surface area contributed by atoms with Gasteiger partial charge in [-0.1, -0.05) is 19.1 Å². The summed E-state index contributed by atoms with van der Waals surface area (Å²) in [5.74, 6) is 0.192. The van der Waals surface area contributed by atoms with Crippen LogP contribution in [0.1, 0.15) is 18.9 Å². The third-order valence-corrected chi connectivity index (χ3v) is 5.90. The number of benzene rings is 2. The molecule has 1 aromatic heterocycles. The lowest BCUT2D eigenvalue weighted by molar-refractivity contribution is -0.111. The van der Waals surface area contributed by atoms with E-state index in [1.807, 2.05) is 13.0 Å². The van der Waals surface area contributed by atoms with Crippen molar-refractivity contribution in [3.05, 3.63) is 84.7 Å². The molecule has 0 saturated carbocycles. The number of amides is 1. The van der Waals surface area contributed by atoms with Crippen LogP contribution in [0.3, 0.4) is 0 Å². The van der Waals surface area contributed by atoms with Crippen LogP contribution in [0.5, 0.6) is 5.75 Å². The highest BCUT2D eigenvalue weighted by Crippen LogP contribution is 2.25. The molecule has 0 unspecified atom stereocenters. The fraction of sp³-hybridized carbons (Fsp3) is 0.130. The van der Waals surface area contributed by atoms with Crippen molar-refractivity contribution in [2.75, 3.05) is 11.9 Å². The zero-order valence-corrected chi connectivity index (χ0v) is 17.3. The van der Waals surface area contributed by atoms with Gasteiger partial charge in [0.1, 0.15) is 5.75 Å². The second-order valence-corrected chi connectivity index (χ2v) is 8.41. The number of anilines is 1. The van der Waals surface area contributed by atoms with Crippen molar-refractivity contribution in [3.8, 4) is 5.75 Å².